The monoisotopic (exact) mass is 718 g/mol. The highest BCUT2D eigenvalue weighted by Gasteiger charge is 2.27. The summed E-state index contributed by atoms with van der Waals surface area (Å²) < 4.78 is 2.36. The Morgan fingerprint density at radius 1 is 0.259 bits per heavy atom. The molecule has 14 heteroatoms. The van der Waals surface area contributed by atoms with Crippen LogP contribution in [0.3, 0.4) is 0 Å². The molecular weight excluding hydrogens is 701 g/mol. The first-order chi connectivity index (χ1) is 27.7. The molecule has 8 aromatic carbocycles. The lowest BCUT2D eigenvalue weighted by molar-refractivity contribution is 1.62. The number of fused-ring (bicyclic) bond motifs is 5. The molecule has 0 saturated heterocycles. The highest BCUT2D eigenvalue weighted by Crippen LogP contribution is 2.46. The topological polar surface area (TPSA) is 0 Å². The van der Waals surface area contributed by atoms with Crippen LogP contribution in [0.1, 0.15) is 0 Å². The molecular formula is C44H15B13S. The average molecular weight is 716 g/mol. The van der Waals surface area contributed by atoms with Crippen LogP contribution in [0, 0.1) is 0 Å². The highest BCUT2D eigenvalue weighted by atomic mass is 32.1. The van der Waals surface area contributed by atoms with Gasteiger partial charge in [0.05, 0.1) is 0 Å². The molecule has 0 spiro atoms. The molecule has 0 atom stereocenters. The predicted octanol–water partition coefficient (Wildman–Crippen LogP) is -2.65. The molecule has 0 fully saturated rings. The van der Waals surface area contributed by atoms with Crippen LogP contribution in [0.2, 0.25) is 0 Å². The summed E-state index contributed by atoms with van der Waals surface area (Å²) in [5.74, 6) is 0. The van der Waals surface area contributed by atoms with Crippen molar-refractivity contribution in [3.05, 3.63) is 91.0 Å². The van der Waals surface area contributed by atoms with E-state index in [0.717, 1.165) is 27.6 Å². The maximum atomic E-state index is 6.97. The number of hydrogen-bond donors (Lipinski definition) is 0. The van der Waals surface area contributed by atoms with Crippen molar-refractivity contribution in [1.29, 1.82) is 0 Å². The Morgan fingerprint density at radius 2 is 0.672 bits per heavy atom. The molecule has 0 amide bonds. The normalized spacial score (nSPS) is 11.7. The van der Waals surface area contributed by atoms with Gasteiger partial charge in [-0.15, -0.1) is 49.6 Å². The molecule has 0 nitrogen and oxygen atoms in total. The van der Waals surface area contributed by atoms with Gasteiger partial charge < -0.3 is 0 Å². The van der Waals surface area contributed by atoms with E-state index < -0.39 is 0 Å². The lowest BCUT2D eigenvalue weighted by Gasteiger charge is -2.31. The van der Waals surface area contributed by atoms with Gasteiger partial charge in [-0.25, -0.2) is 0 Å². The minimum absolute atomic E-state index is 0.00382. The van der Waals surface area contributed by atoms with Gasteiger partial charge in [0.1, 0.15) is 102 Å². The number of thiophene rings is 1. The molecule has 0 N–H and O–H groups in total. The SMILES string of the molecule is [B]c1c([B])c([B])c(-c2c3c([B])c([B])c([B])c([B])c3c(-c3ccc(-c4c(-c5ccccc5)ccc5sc6ccccc6c45)cc3)c3c([B])c([B])c([B])c([B])c23)c([B])c1[B]. The average Bonchev–Trinajstić information content (AvgIpc) is 3.63. The van der Waals surface area contributed by atoms with Crippen LogP contribution in [0.15, 0.2) is 91.0 Å². The molecule has 9 rings (SSSR count). The summed E-state index contributed by atoms with van der Waals surface area (Å²) in [5, 5.41) is 3.73. The van der Waals surface area contributed by atoms with Crippen molar-refractivity contribution in [2.24, 2.45) is 0 Å². The van der Waals surface area contributed by atoms with Gasteiger partial charge in [-0.05, 0) is 78.2 Å². The van der Waals surface area contributed by atoms with Crippen molar-refractivity contribution in [2.75, 3.05) is 0 Å². The molecule has 26 radical (unpaired) electrons. The van der Waals surface area contributed by atoms with Gasteiger partial charge in [-0.1, -0.05) is 112 Å². The number of benzene rings is 8. The van der Waals surface area contributed by atoms with Gasteiger partial charge in [-0.2, -0.15) is 0 Å². The zero-order valence-corrected chi connectivity index (χ0v) is 31.9. The molecule has 1 aromatic heterocycles. The molecule has 0 aliphatic heterocycles. The largest absolute Gasteiger partial charge is 0.135 e. The van der Waals surface area contributed by atoms with Crippen molar-refractivity contribution in [3.63, 3.8) is 0 Å². The Morgan fingerprint density at radius 3 is 1.19 bits per heavy atom. The second-order valence-electron chi connectivity index (χ2n) is 14.4. The van der Waals surface area contributed by atoms with E-state index in [9.17, 15) is 0 Å². The van der Waals surface area contributed by atoms with E-state index in [1.807, 2.05) is 30.3 Å². The minimum Gasteiger partial charge on any atom is -0.135 e. The predicted molar refractivity (Wildman–Crippen MR) is 266 cm³/mol. The second kappa shape index (κ2) is 14.3. The van der Waals surface area contributed by atoms with Crippen LogP contribution < -0.4 is 71.0 Å². The van der Waals surface area contributed by atoms with Gasteiger partial charge in [0.15, 0.2) is 0 Å². The molecule has 0 saturated carbocycles. The Bertz CT molecular complexity index is 3140. The van der Waals surface area contributed by atoms with Crippen molar-refractivity contribution in [1.82, 2.24) is 0 Å². The third kappa shape index (κ3) is 5.53. The number of rotatable bonds is 4. The zero-order valence-electron chi connectivity index (χ0n) is 31.1. The molecule has 236 valence electrons. The van der Waals surface area contributed by atoms with E-state index in [1.165, 1.54) is 14.8 Å². The fourth-order valence-corrected chi connectivity index (χ4v) is 9.50. The van der Waals surface area contributed by atoms with E-state index in [0.29, 0.717) is 32.7 Å². The van der Waals surface area contributed by atoms with Crippen LogP contribution in [0.25, 0.3) is 86.2 Å². The van der Waals surface area contributed by atoms with Crippen molar-refractivity contribution in [3.8, 4) is 44.5 Å². The lowest BCUT2D eigenvalue weighted by Crippen LogP contribution is -2.55. The Kier molecular flexibility index (Phi) is 9.55. The smallest absolute Gasteiger partial charge is 0.113 e. The molecule has 0 aliphatic rings. The van der Waals surface area contributed by atoms with Gasteiger partial charge in [0.25, 0.3) is 0 Å². The summed E-state index contributed by atoms with van der Waals surface area (Å²) in [4.78, 5) is 0. The highest BCUT2D eigenvalue weighted by molar-refractivity contribution is 7.26. The van der Waals surface area contributed by atoms with Crippen LogP contribution in [-0.2, 0) is 0 Å². The lowest BCUT2D eigenvalue weighted by atomic mass is 9.56. The summed E-state index contributed by atoms with van der Waals surface area (Å²) in [6.45, 7) is 0. The van der Waals surface area contributed by atoms with Crippen LogP contribution in [0.5, 0.6) is 0 Å². The third-order valence-corrected chi connectivity index (χ3v) is 12.5. The summed E-state index contributed by atoms with van der Waals surface area (Å²) in [7, 11) is 86.7. The third-order valence-electron chi connectivity index (χ3n) is 11.4. The second-order valence-corrected chi connectivity index (χ2v) is 15.5. The quantitative estimate of drug-likeness (QED) is 0.138. The van der Waals surface area contributed by atoms with Crippen LogP contribution in [-0.4, -0.2) is 102 Å². The van der Waals surface area contributed by atoms with Crippen LogP contribution >= 0.6 is 11.3 Å². The zero-order chi connectivity index (χ0) is 41.1. The summed E-state index contributed by atoms with van der Waals surface area (Å²) in [6.07, 6.45) is 0. The molecule has 0 bridgehead atoms. The number of hydrogen-bond acceptors (Lipinski definition) is 1. The van der Waals surface area contributed by atoms with Gasteiger partial charge in [0, 0.05) is 20.2 Å². The molecule has 58 heavy (non-hydrogen) atoms. The fourth-order valence-electron chi connectivity index (χ4n) is 8.38. The molecule has 0 unspecified atom stereocenters. The molecule has 0 aliphatic carbocycles. The first kappa shape index (κ1) is 38.8. The van der Waals surface area contributed by atoms with Gasteiger partial charge in [-0.3, -0.25) is 0 Å². The van der Waals surface area contributed by atoms with Crippen molar-refractivity contribution >= 4 is 226 Å². The maximum absolute atomic E-state index is 6.97. The first-order valence-electron chi connectivity index (χ1n) is 18.1. The van der Waals surface area contributed by atoms with E-state index >= 15 is 0 Å². The summed E-state index contributed by atoms with van der Waals surface area (Å²) in [5.41, 5.74) is 6.45. The minimum atomic E-state index is -0.00382. The first-order valence-corrected chi connectivity index (χ1v) is 18.9. The van der Waals surface area contributed by atoms with E-state index in [4.69, 9.17) is 102 Å². The van der Waals surface area contributed by atoms with Gasteiger partial charge in [0.2, 0.25) is 0 Å². The Labute approximate surface area is 359 Å². The summed E-state index contributed by atoms with van der Waals surface area (Å²) >= 11 is 1.76. The molecule has 9 aromatic rings. The maximum Gasteiger partial charge on any atom is 0.113 e. The fraction of sp³-hybridized carbons (Fsp3) is 0. The van der Waals surface area contributed by atoms with Crippen molar-refractivity contribution in [2.45, 2.75) is 0 Å². The van der Waals surface area contributed by atoms with E-state index in [2.05, 4.69) is 60.7 Å². The van der Waals surface area contributed by atoms with Gasteiger partial charge >= 0.3 is 0 Å². The van der Waals surface area contributed by atoms with Crippen LogP contribution in [0.4, 0.5) is 0 Å². The van der Waals surface area contributed by atoms with E-state index in [1.54, 1.807) is 11.3 Å². The Hall–Kier alpha value is -4.66. The van der Waals surface area contributed by atoms with Crippen molar-refractivity contribution < 1.29 is 0 Å². The summed E-state index contributed by atoms with van der Waals surface area (Å²) in [6, 6.07) is 31.2. The standard InChI is InChI=1S/C44H15B13S/c45-32-27-24(18-12-10-17(11-13-18)23-19(16-6-2-1-3-7-16)14-15-22-25(23)20-8-4-5-9-21(20)58-22)28-30(35(48)41(54)39(52)33(28)46)26(29(27)34(47)40(53)38(32)51)31-36(49)42(55)44(57)43(56)37(31)50/h1-15H. The van der Waals surface area contributed by atoms with E-state index in [-0.39, 0.29) is 82.1 Å². The Balaban J connectivity index is 1.44. The molecule has 1 heterocycles.